The summed E-state index contributed by atoms with van der Waals surface area (Å²) in [5.74, 6) is -0.104. The Bertz CT molecular complexity index is 670. The Hall–Kier alpha value is -1.53. The van der Waals surface area contributed by atoms with Crippen molar-refractivity contribution in [3.05, 3.63) is 50.1 Å². The summed E-state index contributed by atoms with van der Waals surface area (Å²) in [5, 5.41) is 8.89. The molecule has 0 unspecified atom stereocenters. The lowest BCUT2D eigenvalue weighted by atomic mass is 10.1. The molecule has 4 nitrogen and oxygen atoms in total. The lowest BCUT2D eigenvalue weighted by Gasteiger charge is -2.07. The van der Waals surface area contributed by atoms with Gasteiger partial charge >= 0.3 is 0 Å². The van der Waals surface area contributed by atoms with E-state index in [9.17, 15) is 9.18 Å². The van der Waals surface area contributed by atoms with Crippen molar-refractivity contribution in [1.29, 1.82) is 0 Å². The first-order valence-corrected chi connectivity index (χ1v) is 6.48. The predicted molar refractivity (Wildman–Crippen MR) is 73.5 cm³/mol. The zero-order chi connectivity index (χ0) is 14.0. The molecule has 0 saturated carbocycles. The maximum absolute atomic E-state index is 13.5. The summed E-state index contributed by atoms with van der Waals surface area (Å²) in [6.07, 6.45) is 0.253. The molecule has 6 heteroatoms. The van der Waals surface area contributed by atoms with Crippen molar-refractivity contribution < 1.29 is 9.50 Å². The quantitative estimate of drug-likeness (QED) is 0.908. The standard InChI is InChI=1S/C13H12BrFN2O2/c1-7-9(4-5-18)13(19)17-12(16-7)8-2-3-10(14)11(15)6-8/h2-3,6,18H,4-5H2,1H3,(H,16,17,19). The van der Waals surface area contributed by atoms with Crippen molar-refractivity contribution in [1.82, 2.24) is 9.97 Å². The highest BCUT2D eigenvalue weighted by molar-refractivity contribution is 9.10. The second kappa shape index (κ2) is 5.63. The van der Waals surface area contributed by atoms with Crippen LogP contribution in [0.25, 0.3) is 11.4 Å². The fourth-order valence-electron chi connectivity index (χ4n) is 1.80. The van der Waals surface area contributed by atoms with Crippen LogP contribution in [0.5, 0.6) is 0 Å². The molecule has 0 atom stereocenters. The Morgan fingerprint density at radius 2 is 2.21 bits per heavy atom. The van der Waals surface area contributed by atoms with Gasteiger partial charge in [0.25, 0.3) is 5.56 Å². The van der Waals surface area contributed by atoms with Gasteiger partial charge in [-0.15, -0.1) is 0 Å². The predicted octanol–water partition coefficient (Wildman–Crippen LogP) is 2.18. The van der Waals surface area contributed by atoms with Crippen molar-refractivity contribution in [3.63, 3.8) is 0 Å². The van der Waals surface area contributed by atoms with E-state index in [-0.39, 0.29) is 18.6 Å². The van der Waals surface area contributed by atoms with Gasteiger partial charge in [-0.25, -0.2) is 9.37 Å². The molecule has 1 heterocycles. The van der Waals surface area contributed by atoms with Crippen molar-refractivity contribution in [2.45, 2.75) is 13.3 Å². The number of nitrogens with zero attached hydrogens (tertiary/aromatic N) is 1. The van der Waals surface area contributed by atoms with Gasteiger partial charge in [0.05, 0.1) is 4.47 Å². The van der Waals surface area contributed by atoms with Crippen LogP contribution in [0.1, 0.15) is 11.3 Å². The number of hydrogen-bond acceptors (Lipinski definition) is 3. The molecule has 2 N–H and O–H groups in total. The molecule has 0 aliphatic heterocycles. The van der Waals surface area contributed by atoms with Gasteiger partial charge in [-0.2, -0.15) is 0 Å². The second-order valence-electron chi connectivity index (χ2n) is 4.08. The summed E-state index contributed by atoms with van der Waals surface area (Å²) in [4.78, 5) is 18.7. The van der Waals surface area contributed by atoms with Gasteiger partial charge in [0.15, 0.2) is 0 Å². The Morgan fingerprint density at radius 3 is 2.79 bits per heavy atom. The van der Waals surface area contributed by atoms with Crippen molar-refractivity contribution >= 4 is 15.9 Å². The summed E-state index contributed by atoms with van der Waals surface area (Å²) in [6, 6.07) is 4.52. The molecule has 0 aliphatic rings. The highest BCUT2D eigenvalue weighted by Crippen LogP contribution is 2.21. The monoisotopic (exact) mass is 326 g/mol. The molecule has 0 amide bonds. The fraction of sp³-hybridized carbons (Fsp3) is 0.231. The third-order valence-electron chi connectivity index (χ3n) is 2.78. The smallest absolute Gasteiger partial charge is 0.254 e. The first kappa shape index (κ1) is 13.9. The van der Waals surface area contributed by atoms with Crippen molar-refractivity contribution in [2.24, 2.45) is 0 Å². The van der Waals surface area contributed by atoms with E-state index in [1.54, 1.807) is 19.1 Å². The van der Waals surface area contributed by atoms with Crippen LogP contribution in [-0.4, -0.2) is 21.7 Å². The van der Waals surface area contributed by atoms with Crippen LogP contribution in [0.4, 0.5) is 4.39 Å². The molecule has 19 heavy (non-hydrogen) atoms. The molecule has 2 aromatic rings. The molecule has 0 bridgehead atoms. The molecule has 0 spiro atoms. The number of aromatic amines is 1. The minimum Gasteiger partial charge on any atom is -0.396 e. The van der Waals surface area contributed by atoms with E-state index in [2.05, 4.69) is 25.9 Å². The molecule has 0 aliphatic carbocycles. The lowest BCUT2D eigenvalue weighted by molar-refractivity contribution is 0.298. The number of hydrogen-bond donors (Lipinski definition) is 2. The average molecular weight is 327 g/mol. The van der Waals surface area contributed by atoms with Crippen LogP contribution in [0.3, 0.4) is 0 Å². The highest BCUT2D eigenvalue weighted by Gasteiger charge is 2.10. The average Bonchev–Trinajstić information content (AvgIpc) is 2.37. The maximum Gasteiger partial charge on any atom is 0.254 e. The SMILES string of the molecule is Cc1nc(-c2ccc(Br)c(F)c2)[nH]c(=O)c1CCO. The Labute approximate surface area is 117 Å². The Balaban J connectivity index is 2.52. The first-order valence-electron chi connectivity index (χ1n) is 5.69. The van der Waals surface area contributed by atoms with Gasteiger partial charge in [0.2, 0.25) is 0 Å². The van der Waals surface area contributed by atoms with E-state index < -0.39 is 5.82 Å². The van der Waals surface area contributed by atoms with Gasteiger partial charge < -0.3 is 10.1 Å². The number of aliphatic hydroxyl groups excluding tert-OH is 1. The number of aryl methyl sites for hydroxylation is 1. The summed E-state index contributed by atoms with van der Waals surface area (Å²) < 4.78 is 13.8. The molecule has 0 radical (unpaired) electrons. The number of benzene rings is 1. The molecular weight excluding hydrogens is 315 g/mol. The van der Waals surface area contributed by atoms with Crippen molar-refractivity contribution in [2.75, 3.05) is 6.61 Å². The molecule has 100 valence electrons. The summed E-state index contributed by atoms with van der Waals surface area (Å²) in [5.41, 5.74) is 1.18. The van der Waals surface area contributed by atoms with Gasteiger partial charge in [0, 0.05) is 29.8 Å². The van der Waals surface area contributed by atoms with Crippen LogP contribution in [0.2, 0.25) is 0 Å². The molecule has 1 aromatic carbocycles. The number of halogens is 2. The van der Waals surface area contributed by atoms with E-state index >= 15 is 0 Å². The van der Waals surface area contributed by atoms with Crippen LogP contribution in [0, 0.1) is 12.7 Å². The van der Waals surface area contributed by atoms with Crippen LogP contribution in [-0.2, 0) is 6.42 Å². The number of aromatic nitrogens is 2. The van der Waals surface area contributed by atoms with Gasteiger partial charge in [0.1, 0.15) is 11.6 Å². The Kier molecular flexibility index (Phi) is 4.11. The molecule has 0 saturated heterocycles. The molecule has 1 aromatic heterocycles. The lowest BCUT2D eigenvalue weighted by Crippen LogP contribution is -2.18. The minimum atomic E-state index is -0.419. The van der Waals surface area contributed by atoms with Crippen LogP contribution < -0.4 is 5.56 Å². The van der Waals surface area contributed by atoms with Crippen molar-refractivity contribution in [3.8, 4) is 11.4 Å². The topological polar surface area (TPSA) is 66.0 Å². The number of rotatable bonds is 3. The van der Waals surface area contributed by atoms with Gasteiger partial charge in [-0.1, -0.05) is 0 Å². The van der Waals surface area contributed by atoms with Crippen LogP contribution >= 0.6 is 15.9 Å². The van der Waals surface area contributed by atoms with Gasteiger partial charge in [-0.3, -0.25) is 4.79 Å². The van der Waals surface area contributed by atoms with E-state index in [0.29, 0.717) is 27.1 Å². The fourth-order valence-corrected chi connectivity index (χ4v) is 2.04. The second-order valence-corrected chi connectivity index (χ2v) is 4.94. The summed E-state index contributed by atoms with van der Waals surface area (Å²) in [7, 11) is 0. The third-order valence-corrected chi connectivity index (χ3v) is 3.42. The van der Waals surface area contributed by atoms with E-state index in [1.165, 1.54) is 6.07 Å². The van der Waals surface area contributed by atoms with E-state index in [4.69, 9.17) is 5.11 Å². The minimum absolute atomic E-state index is 0.113. The zero-order valence-electron chi connectivity index (χ0n) is 10.2. The number of aliphatic hydroxyl groups is 1. The Morgan fingerprint density at radius 1 is 1.47 bits per heavy atom. The highest BCUT2D eigenvalue weighted by atomic mass is 79.9. The normalized spacial score (nSPS) is 10.7. The third kappa shape index (κ3) is 2.90. The zero-order valence-corrected chi connectivity index (χ0v) is 11.8. The van der Waals surface area contributed by atoms with Crippen LogP contribution in [0.15, 0.2) is 27.5 Å². The van der Waals surface area contributed by atoms with E-state index in [0.717, 1.165) is 0 Å². The number of H-pyrrole nitrogens is 1. The molecule has 2 rings (SSSR count). The van der Waals surface area contributed by atoms with Gasteiger partial charge in [-0.05, 0) is 41.1 Å². The largest absolute Gasteiger partial charge is 0.396 e. The van der Waals surface area contributed by atoms with E-state index in [1.807, 2.05) is 0 Å². The summed E-state index contributed by atoms with van der Waals surface area (Å²) in [6.45, 7) is 1.58. The molecular formula is C13H12BrFN2O2. The summed E-state index contributed by atoms with van der Waals surface area (Å²) >= 11 is 3.07. The first-order chi connectivity index (χ1) is 9.02. The number of nitrogens with one attached hydrogen (secondary N) is 1. The molecule has 0 fully saturated rings. The maximum atomic E-state index is 13.5.